The van der Waals surface area contributed by atoms with E-state index in [1.807, 2.05) is 12.3 Å². The van der Waals surface area contributed by atoms with Gasteiger partial charge in [-0.25, -0.2) is 4.98 Å². The SMILES string of the molecule is CC(C)c1cc(-c2ccccc2)ccc1-n1c(-c2cc(C(C)(C)C)cc(C(C)(C)C)c2O)nc2c3c(ccc4ccc(-c5cc(-c6ccccc6)ccn5)cc43)ccc21. The Balaban J connectivity index is 1.37. The maximum atomic E-state index is 12.4. The summed E-state index contributed by atoms with van der Waals surface area (Å²) in [5.74, 6) is 1.21. The lowest BCUT2D eigenvalue weighted by molar-refractivity contribution is 0.446. The van der Waals surface area contributed by atoms with Crippen LogP contribution in [0.1, 0.15) is 78.0 Å². The topological polar surface area (TPSA) is 50.9 Å². The van der Waals surface area contributed by atoms with E-state index in [2.05, 4.69) is 199 Å². The number of phenols is 1. The Morgan fingerprint density at radius 3 is 1.86 bits per heavy atom. The highest BCUT2D eigenvalue weighted by atomic mass is 16.3. The van der Waals surface area contributed by atoms with E-state index in [4.69, 9.17) is 9.97 Å². The molecule has 9 rings (SSSR count). The van der Waals surface area contributed by atoms with E-state index in [0.29, 0.717) is 0 Å². The normalized spacial score (nSPS) is 12.3. The van der Waals surface area contributed by atoms with Crippen molar-refractivity contribution in [3.63, 3.8) is 0 Å². The Labute approximate surface area is 347 Å². The molecule has 292 valence electrons. The van der Waals surface area contributed by atoms with Gasteiger partial charge in [-0.2, -0.15) is 0 Å². The number of hydrogen-bond acceptors (Lipinski definition) is 3. The van der Waals surface area contributed by atoms with Crippen molar-refractivity contribution in [1.29, 1.82) is 0 Å². The Bertz CT molecular complexity index is 3030. The fourth-order valence-electron chi connectivity index (χ4n) is 8.50. The summed E-state index contributed by atoms with van der Waals surface area (Å²) in [7, 11) is 0. The van der Waals surface area contributed by atoms with Gasteiger partial charge >= 0.3 is 0 Å². The summed E-state index contributed by atoms with van der Waals surface area (Å²) in [6.07, 6.45) is 1.90. The Morgan fingerprint density at radius 1 is 0.576 bits per heavy atom. The van der Waals surface area contributed by atoms with Crippen molar-refractivity contribution in [2.75, 3.05) is 0 Å². The van der Waals surface area contributed by atoms with E-state index in [-0.39, 0.29) is 22.5 Å². The van der Waals surface area contributed by atoms with Crippen LogP contribution in [0.25, 0.3) is 83.2 Å². The van der Waals surface area contributed by atoms with Crippen LogP contribution in [0.5, 0.6) is 5.75 Å². The van der Waals surface area contributed by atoms with Crippen molar-refractivity contribution in [3.05, 3.63) is 168 Å². The smallest absolute Gasteiger partial charge is 0.149 e. The number of nitrogens with zero attached hydrogens (tertiary/aromatic N) is 3. The van der Waals surface area contributed by atoms with Crippen LogP contribution in [0.4, 0.5) is 0 Å². The van der Waals surface area contributed by atoms with Gasteiger partial charge in [-0.3, -0.25) is 9.55 Å². The van der Waals surface area contributed by atoms with Crippen LogP contribution >= 0.6 is 0 Å². The number of pyridine rings is 1. The molecule has 0 atom stereocenters. The first-order valence-corrected chi connectivity index (χ1v) is 20.7. The van der Waals surface area contributed by atoms with Crippen molar-refractivity contribution < 1.29 is 5.11 Å². The van der Waals surface area contributed by atoms with Crippen LogP contribution in [0.15, 0.2) is 152 Å². The lowest BCUT2D eigenvalue weighted by atomic mass is 9.79. The molecule has 0 fully saturated rings. The maximum absolute atomic E-state index is 12.4. The first-order valence-electron chi connectivity index (χ1n) is 20.7. The van der Waals surface area contributed by atoms with E-state index in [1.54, 1.807) is 0 Å². The molecule has 2 aromatic heterocycles. The molecule has 0 amide bonds. The van der Waals surface area contributed by atoms with Gasteiger partial charge in [0.15, 0.2) is 0 Å². The van der Waals surface area contributed by atoms with Crippen molar-refractivity contribution >= 4 is 32.6 Å². The molecule has 0 aliphatic rings. The number of aromatic hydroxyl groups is 1. The van der Waals surface area contributed by atoms with Gasteiger partial charge in [0.2, 0.25) is 0 Å². The minimum Gasteiger partial charge on any atom is -0.507 e. The van der Waals surface area contributed by atoms with Gasteiger partial charge in [-0.05, 0) is 109 Å². The second kappa shape index (κ2) is 14.4. The molecule has 0 unspecified atom stereocenters. The highest BCUT2D eigenvalue weighted by Gasteiger charge is 2.29. The van der Waals surface area contributed by atoms with Crippen LogP contribution in [-0.4, -0.2) is 19.6 Å². The monoisotopic (exact) mass is 769 g/mol. The highest BCUT2D eigenvalue weighted by Crippen LogP contribution is 2.46. The average Bonchev–Trinajstić information content (AvgIpc) is 3.62. The highest BCUT2D eigenvalue weighted by molar-refractivity contribution is 6.19. The number of benzene rings is 7. The average molecular weight is 770 g/mol. The van der Waals surface area contributed by atoms with Crippen LogP contribution in [-0.2, 0) is 10.8 Å². The van der Waals surface area contributed by atoms with Crippen LogP contribution in [0.3, 0.4) is 0 Å². The molecular weight excluding hydrogens is 719 g/mol. The summed E-state index contributed by atoms with van der Waals surface area (Å²) in [5.41, 5.74) is 13.1. The standard InChI is InChI=1S/C55H51N3O/c1-34(2)43-29-39(35-15-11-9-12-16-35)24-25-48(43)58-49-26-23-38-21-19-37-20-22-41(47-31-40(27-28-56-47)36-17-13-10-14-18-36)30-44(37)50(38)51(49)57-53(58)45-32-42(54(3,4)5)33-46(52(45)59)55(6,7)8/h9-34,59H,1-8H3. The number of aromatic nitrogens is 3. The van der Waals surface area contributed by atoms with Gasteiger partial charge in [0, 0.05) is 22.7 Å². The number of phenolic OH excluding ortho intramolecular Hbond substituents is 1. The molecule has 9 aromatic rings. The quantitative estimate of drug-likeness (QED) is 0.171. The Hall–Kier alpha value is -6.52. The van der Waals surface area contributed by atoms with Crippen molar-refractivity contribution in [2.45, 2.75) is 72.1 Å². The number of hydrogen-bond donors (Lipinski definition) is 1. The summed E-state index contributed by atoms with van der Waals surface area (Å²) in [6.45, 7) is 17.7. The predicted molar refractivity (Wildman–Crippen MR) is 249 cm³/mol. The zero-order valence-corrected chi connectivity index (χ0v) is 35.3. The zero-order valence-electron chi connectivity index (χ0n) is 35.3. The van der Waals surface area contributed by atoms with E-state index in [9.17, 15) is 5.11 Å². The van der Waals surface area contributed by atoms with Crippen molar-refractivity contribution in [2.24, 2.45) is 0 Å². The lowest BCUT2D eigenvalue weighted by Crippen LogP contribution is -2.17. The first kappa shape index (κ1) is 38.0. The summed E-state index contributed by atoms with van der Waals surface area (Å²) >= 11 is 0. The van der Waals surface area contributed by atoms with Crippen LogP contribution < -0.4 is 0 Å². The number of imidazole rings is 1. The van der Waals surface area contributed by atoms with Gasteiger partial charge < -0.3 is 5.11 Å². The lowest BCUT2D eigenvalue weighted by Gasteiger charge is -2.28. The minimum atomic E-state index is -0.303. The molecule has 2 heterocycles. The fraction of sp³-hybridized carbons (Fsp3) is 0.200. The summed E-state index contributed by atoms with van der Waals surface area (Å²) in [5, 5.41) is 16.9. The van der Waals surface area contributed by atoms with Gasteiger partial charge in [-0.1, -0.05) is 159 Å². The molecule has 0 bridgehead atoms. The summed E-state index contributed by atoms with van der Waals surface area (Å²) < 4.78 is 2.31. The largest absolute Gasteiger partial charge is 0.507 e. The second-order valence-electron chi connectivity index (χ2n) is 18.3. The van der Waals surface area contributed by atoms with Gasteiger partial charge in [0.1, 0.15) is 11.6 Å². The van der Waals surface area contributed by atoms with E-state index >= 15 is 0 Å². The zero-order chi connectivity index (χ0) is 41.2. The Morgan fingerprint density at radius 2 is 1.20 bits per heavy atom. The van der Waals surface area contributed by atoms with Gasteiger partial charge in [-0.15, -0.1) is 0 Å². The molecule has 0 spiro atoms. The third-order valence-electron chi connectivity index (χ3n) is 11.8. The molecule has 1 N–H and O–H groups in total. The van der Waals surface area contributed by atoms with Crippen LogP contribution in [0, 0.1) is 0 Å². The van der Waals surface area contributed by atoms with Gasteiger partial charge in [0.25, 0.3) is 0 Å². The summed E-state index contributed by atoms with van der Waals surface area (Å²) in [6, 6.07) is 51.9. The molecule has 0 aliphatic heterocycles. The molecule has 0 aliphatic carbocycles. The maximum Gasteiger partial charge on any atom is 0.149 e. The molecule has 59 heavy (non-hydrogen) atoms. The fourth-order valence-corrected chi connectivity index (χ4v) is 8.50. The molecule has 4 heteroatoms. The molecule has 0 saturated carbocycles. The number of rotatable bonds is 6. The predicted octanol–water partition coefficient (Wildman–Crippen LogP) is 14.8. The minimum absolute atomic E-state index is 0.162. The third-order valence-corrected chi connectivity index (χ3v) is 11.8. The Kier molecular flexibility index (Phi) is 9.27. The summed E-state index contributed by atoms with van der Waals surface area (Å²) in [4.78, 5) is 10.5. The van der Waals surface area contributed by atoms with Crippen molar-refractivity contribution in [1.82, 2.24) is 14.5 Å². The second-order valence-corrected chi connectivity index (χ2v) is 18.3. The molecule has 0 radical (unpaired) electrons. The molecular formula is C55H51N3O. The van der Waals surface area contributed by atoms with Gasteiger partial charge in [0.05, 0.1) is 28.0 Å². The van der Waals surface area contributed by atoms with E-state index in [0.717, 1.165) is 83.2 Å². The van der Waals surface area contributed by atoms with Crippen molar-refractivity contribution in [3.8, 4) is 56.3 Å². The first-order chi connectivity index (χ1) is 28.3. The molecule has 4 nitrogen and oxygen atoms in total. The molecule has 0 saturated heterocycles. The third kappa shape index (κ3) is 6.87. The van der Waals surface area contributed by atoms with Crippen LogP contribution in [0.2, 0.25) is 0 Å². The van der Waals surface area contributed by atoms with E-state index < -0.39 is 0 Å². The molecule has 7 aromatic carbocycles. The van der Waals surface area contributed by atoms with E-state index in [1.165, 1.54) is 16.7 Å². The number of fused-ring (bicyclic) bond motifs is 5.